The van der Waals surface area contributed by atoms with Gasteiger partial charge in [0.1, 0.15) is 0 Å². The van der Waals surface area contributed by atoms with Crippen LogP contribution < -0.4 is 0 Å². The van der Waals surface area contributed by atoms with Gasteiger partial charge in [-0.05, 0) is 60.0 Å². The summed E-state index contributed by atoms with van der Waals surface area (Å²) in [5, 5.41) is 0. The van der Waals surface area contributed by atoms with Crippen LogP contribution in [-0.4, -0.2) is 79.8 Å². The molecule has 0 aromatic heterocycles. The minimum atomic E-state index is -0.0683. The highest BCUT2D eigenvalue weighted by molar-refractivity contribution is 9.10. The number of rotatable bonds is 10. The van der Waals surface area contributed by atoms with Crippen molar-refractivity contribution in [3.63, 3.8) is 0 Å². The van der Waals surface area contributed by atoms with E-state index in [4.69, 9.17) is 0 Å². The average Bonchev–Trinajstić information content (AvgIpc) is 2.34. The van der Waals surface area contributed by atoms with Crippen LogP contribution in [0.25, 0.3) is 0 Å². The number of carbonyl (C=O) groups excluding carboxylic acids is 1. The SMILES string of the molecule is CC(C)C(Br)C(=O)N(CCCN(C)C)CCCN(C)C. The third-order valence-corrected chi connectivity index (χ3v) is 4.65. The molecule has 0 bridgehead atoms. The van der Waals surface area contributed by atoms with Gasteiger partial charge in [-0.2, -0.15) is 0 Å². The van der Waals surface area contributed by atoms with Crippen LogP contribution in [0.5, 0.6) is 0 Å². The Morgan fingerprint density at radius 3 is 1.60 bits per heavy atom. The minimum absolute atomic E-state index is 0.0683. The summed E-state index contributed by atoms with van der Waals surface area (Å²) in [5.74, 6) is 0.560. The van der Waals surface area contributed by atoms with Gasteiger partial charge in [0.15, 0.2) is 0 Å². The normalized spacial score (nSPS) is 13.3. The zero-order valence-corrected chi connectivity index (χ0v) is 15.6. The molecule has 120 valence electrons. The molecule has 4 nitrogen and oxygen atoms in total. The first-order chi connectivity index (χ1) is 9.25. The van der Waals surface area contributed by atoms with Crippen LogP contribution in [0, 0.1) is 5.92 Å². The zero-order valence-electron chi connectivity index (χ0n) is 14.0. The average molecular weight is 350 g/mol. The van der Waals surface area contributed by atoms with Gasteiger partial charge in [0, 0.05) is 13.1 Å². The molecule has 0 aromatic carbocycles. The van der Waals surface area contributed by atoms with E-state index < -0.39 is 0 Å². The lowest BCUT2D eigenvalue weighted by atomic mass is 10.1. The Morgan fingerprint density at radius 1 is 0.900 bits per heavy atom. The smallest absolute Gasteiger partial charge is 0.236 e. The van der Waals surface area contributed by atoms with Crippen LogP contribution in [-0.2, 0) is 4.79 Å². The molecule has 0 fully saturated rings. The van der Waals surface area contributed by atoms with Crippen LogP contribution in [0.1, 0.15) is 26.7 Å². The van der Waals surface area contributed by atoms with Crippen molar-refractivity contribution in [2.45, 2.75) is 31.5 Å². The lowest BCUT2D eigenvalue weighted by Crippen LogP contribution is -2.41. The van der Waals surface area contributed by atoms with Crippen LogP contribution in [0.4, 0.5) is 0 Å². The third kappa shape index (κ3) is 8.93. The largest absolute Gasteiger partial charge is 0.342 e. The Labute approximate surface area is 133 Å². The summed E-state index contributed by atoms with van der Waals surface area (Å²) < 4.78 is 0. The van der Waals surface area contributed by atoms with E-state index in [9.17, 15) is 4.79 Å². The Balaban J connectivity index is 4.40. The minimum Gasteiger partial charge on any atom is -0.342 e. The second-order valence-corrected chi connectivity index (χ2v) is 7.27. The highest BCUT2D eigenvalue weighted by Crippen LogP contribution is 2.15. The summed E-state index contributed by atoms with van der Waals surface area (Å²) in [4.78, 5) is 18.8. The van der Waals surface area contributed by atoms with Gasteiger partial charge in [-0.3, -0.25) is 4.79 Å². The highest BCUT2D eigenvalue weighted by atomic mass is 79.9. The molecule has 0 radical (unpaired) electrons. The molecule has 0 aliphatic rings. The molecule has 0 heterocycles. The van der Waals surface area contributed by atoms with Gasteiger partial charge in [0.25, 0.3) is 0 Å². The molecule has 0 aliphatic carbocycles. The molecule has 0 rings (SSSR count). The summed E-state index contributed by atoms with van der Waals surface area (Å²) in [7, 11) is 8.28. The molecule has 1 atom stereocenters. The van der Waals surface area contributed by atoms with E-state index in [0.717, 1.165) is 39.0 Å². The zero-order chi connectivity index (χ0) is 15.7. The number of alkyl halides is 1. The number of hydrogen-bond donors (Lipinski definition) is 0. The van der Waals surface area contributed by atoms with Crippen molar-refractivity contribution in [3.8, 4) is 0 Å². The molecule has 1 unspecified atom stereocenters. The van der Waals surface area contributed by atoms with E-state index in [1.54, 1.807) is 0 Å². The van der Waals surface area contributed by atoms with Crippen LogP contribution in [0.3, 0.4) is 0 Å². The number of hydrogen-bond acceptors (Lipinski definition) is 3. The van der Waals surface area contributed by atoms with Crippen LogP contribution in [0.2, 0.25) is 0 Å². The van der Waals surface area contributed by atoms with E-state index in [2.05, 4.69) is 67.8 Å². The first kappa shape index (κ1) is 19.9. The maximum absolute atomic E-state index is 12.5. The van der Waals surface area contributed by atoms with Crippen molar-refractivity contribution in [1.29, 1.82) is 0 Å². The Hall–Kier alpha value is -0.130. The fraction of sp³-hybridized carbons (Fsp3) is 0.933. The Kier molecular flexibility index (Phi) is 10.5. The van der Waals surface area contributed by atoms with Crippen molar-refractivity contribution in [2.24, 2.45) is 5.92 Å². The fourth-order valence-corrected chi connectivity index (χ4v) is 2.24. The van der Waals surface area contributed by atoms with Gasteiger partial charge in [0.2, 0.25) is 5.91 Å². The monoisotopic (exact) mass is 349 g/mol. The molecule has 5 heteroatoms. The molecule has 0 N–H and O–H groups in total. The molecule has 0 saturated heterocycles. The number of carbonyl (C=O) groups is 1. The quantitative estimate of drug-likeness (QED) is 0.565. The van der Waals surface area contributed by atoms with E-state index >= 15 is 0 Å². The Morgan fingerprint density at radius 2 is 1.30 bits per heavy atom. The first-order valence-electron chi connectivity index (χ1n) is 7.48. The van der Waals surface area contributed by atoms with E-state index in [1.165, 1.54) is 0 Å². The van der Waals surface area contributed by atoms with Crippen molar-refractivity contribution in [3.05, 3.63) is 0 Å². The summed E-state index contributed by atoms with van der Waals surface area (Å²) in [6, 6.07) is 0. The van der Waals surface area contributed by atoms with Crippen molar-refractivity contribution >= 4 is 21.8 Å². The Bertz CT molecular complexity index is 256. The maximum Gasteiger partial charge on any atom is 0.236 e. The molecule has 0 aromatic rings. The molecule has 1 amide bonds. The number of amides is 1. The molecule has 0 aliphatic heterocycles. The standard InChI is InChI=1S/C15H32BrN3O/c1-13(2)14(16)15(20)19(11-7-9-17(3)4)12-8-10-18(5)6/h13-14H,7-12H2,1-6H3. The second kappa shape index (κ2) is 10.6. The summed E-state index contributed by atoms with van der Waals surface area (Å²) in [5.41, 5.74) is 0. The summed E-state index contributed by atoms with van der Waals surface area (Å²) >= 11 is 3.54. The van der Waals surface area contributed by atoms with Gasteiger partial charge in [0.05, 0.1) is 4.83 Å². The van der Waals surface area contributed by atoms with Crippen LogP contribution >= 0.6 is 15.9 Å². The van der Waals surface area contributed by atoms with E-state index in [0.29, 0.717) is 5.92 Å². The number of halogens is 1. The van der Waals surface area contributed by atoms with E-state index in [-0.39, 0.29) is 10.7 Å². The predicted octanol–water partition coefficient (Wildman–Crippen LogP) is 2.14. The lowest BCUT2D eigenvalue weighted by molar-refractivity contribution is -0.131. The predicted molar refractivity (Wildman–Crippen MR) is 90.5 cm³/mol. The van der Waals surface area contributed by atoms with Gasteiger partial charge >= 0.3 is 0 Å². The molecular formula is C15H32BrN3O. The maximum atomic E-state index is 12.5. The second-order valence-electron chi connectivity index (χ2n) is 6.28. The highest BCUT2D eigenvalue weighted by Gasteiger charge is 2.24. The van der Waals surface area contributed by atoms with Gasteiger partial charge in [-0.1, -0.05) is 29.8 Å². The van der Waals surface area contributed by atoms with Crippen molar-refractivity contribution < 1.29 is 4.79 Å². The first-order valence-corrected chi connectivity index (χ1v) is 8.39. The molecule has 20 heavy (non-hydrogen) atoms. The summed E-state index contributed by atoms with van der Waals surface area (Å²) in [6.07, 6.45) is 2.05. The van der Waals surface area contributed by atoms with E-state index in [1.807, 2.05) is 4.90 Å². The number of nitrogens with zero attached hydrogens (tertiary/aromatic N) is 3. The third-order valence-electron chi connectivity index (χ3n) is 3.20. The van der Waals surface area contributed by atoms with Crippen LogP contribution in [0.15, 0.2) is 0 Å². The van der Waals surface area contributed by atoms with Gasteiger partial charge < -0.3 is 14.7 Å². The summed E-state index contributed by atoms with van der Waals surface area (Å²) in [6.45, 7) is 7.89. The topological polar surface area (TPSA) is 26.8 Å². The van der Waals surface area contributed by atoms with Gasteiger partial charge in [-0.15, -0.1) is 0 Å². The lowest BCUT2D eigenvalue weighted by Gasteiger charge is -2.27. The fourth-order valence-electron chi connectivity index (χ4n) is 1.95. The molecular weight excluding hydrogens is 318 g/mol. The van der Waals surface area contributed by atoms with Gasteiger partial charge in [-0.25, -0.2) is 0 Å². The van der Waals surface area contributed by atoms with Crippen molar-refractivity contribution in [1.82, 2.24) is 14.7 Å². The molecule has 0 saturated carbocycles. The van der Waals surface area contributed by atoms with Crippen molar-refractivity contribution in [2.75, 3.05) is 54.4 Å². The molecule has 0 spiro atoms.